The minimum absolute atomic E-state index is 0.0701. The van der Waals surface area contributed by atoms with Crippen molar-refractivity contribution in [3.8, 4) is 5.75 Å². The molecule has 0 aliphatic carbocycles. The first-order valence-corrected chi connectivity index (χ1v) is 8.54. The fraction of sp³-hybridized carbons (Fsp3) is 0.500. The first kappa shape index (κ1) is 14.8. The van der Waals surface area contributed by atoms with Gasteiger partial charge in [0, 0.05) is 6.42 Å². The number of sulfone groups is 1. The Kier molecular flexibility index (Phi) is 4.65. The summed E-state index contributed by atoms with van der Waals surface area (Å²) in [6.45, 7) is 2.40. The van der Waals surface area contributed by atoms with E-state index in [0.29, 0.717) is 24.5 Å². The van der Waals surface area contributed by atoms with Gasteiger partial charge >= 0.3 is 0 Å². The number of hydrogen-bond acceptors (Lipinski definition) is 4. The van der Waals surface area contributed by atoms with Crippen LogP contribution in [-0.4, -0.2) is 32.4 Å². The number of hydrogen-bond donors (Lipinski definition) is 1. The van der Waals surface area contributed by atoms with Gasteiger partial charge in [-0.15, -0.1) is 0 Å². The molecule has 5 nitrogen and oxygen atoms in total. The number of rotatable bonds is 5. The van der Waals surface area contributed by atoms with Crippen molar-refractivity contribution >= 4 is 21.4 Å². The van der Waals surface area contributed by atoms with Gasteiger partial charge in [0.2, 0.25) is 5.91 Å². The highest BCUT2D eigenvalue weighted by atomic mass is 32.2. The molecule has 0 bridgehead atoms. The molecule has 1 amide bonds. The molecule has 0 radical (unpaired) electrons. The van der Waals surface area contributed by atoms with Crippen molar-refractivity contribution in [3.05, 3.63) is 24.3 Å². The lowest BCUT2D eigenvalue weighted by atomic mass is 10.0. The second kappa shape index (κ2) is 6.26. The number of amides is 1. The molecule has 6 heteroatoms. The summed E-state index contributed by atoms with van der Waals surface area (Å²) in [6.07, 6.45) is 0.808. The third-order valence-corrected chi connectivity index (χ3v) is 5.10. The van der Waals surface area contributed by atoms with Crippen LogP contribution in [0.5, 0.6) is 5.75 Å². The largest absolute Gasteiger partial charge is 0.492 e. The minimum Gasteiger partial charge on any atom is -0.492 e. The summed E-state index contributed by atoms with van der Waals surface area (Å²) in [4.78, 5) is 12.0. The number of ether oxygens (including phenoxy) is 1. The predicted molar refractivity (Wildman–Crippen MR) is 77.6 cm³/mol. The zero-order valence-electron chi connectivity index (χ0n) is 11.5. The summed E-state index contributed by atoms with van der Waals surface area (Å²) in [5.74, 6) is 0.703. The van der Waals surface area contributed by atoms with Gasteiger partial charge in [0.15, 0.2) is 9.84 Å². The zero-order chi connectivity index (χ0) is 14.6. The maximum absolute atomic E-state index is 12.0. The molecule has 20 heavy (non-hydrogen) atoms. The third kappa shape index (κ3) is 3.96. The molecule has 1 N–H and O–H groups in total. The highest BCUT2D eigenvalue weighted by Crippen LogP contribution is 2.26. The Morgan fingerprint density at radius 3 is 2.80 bits per heavy atom. The number of carbonyl (C=O) groups excluding carboxylic acids is 1. The van der Waals surface area contributed by atoms with E-state index < -0.39 is 9.84 Å². The molecule has 0 saturated carbocycles. The van der Waals surface area contributed by atoms with Crippen LogP contribution in [0.4, 0.5) is 5.69 Å². The first-order chi connectivity index (χ1) is 9.50. The Balaban J connectivity index is 1.95. The van der Waals surface area contributed by atoms with Gasteiger partial charge in [-0.2, -0.15) is 0 Å². The molecule has 2 rings (SSSR count). The minimum atomic E-state index is -2.94. The van der Waals surface area contributed by atoms with E-state index in [0.717, 1.165) is 0 Å². The highest BCUT2D eigenvalue weighted by Gasteiger charge is 2.29. The van der Waals surface area contributed by atoms with Crippen LogP contribution in [0.15, 0.2) is 24.3 Å². The van der Waals surface area contributed by atoms with Crippen LogP contribution in [0.25, 0.3) is 0 Å². The van der Waals surface area contributed by atoms with Gasteiger partial charge in [0.05, 0.1) is 23.8 Å². The van der Waals surface area contributed by atoms with Crippen molar-refractivity contribution < 1.29 is 17.9 Å². The Morgan fingerprint density at radius 2 is 2.15 bits per heavy atom. The quantitative estimate of drug-likeness (QED) is 0.900. The average Bonchev–Trinajstić information content (AvgIpc) is 2.71. The van der Waals surface area contributed by atoms with Crippen molar-refractivity contribution in [2.75, 3.05) is 23.4 Å². The average molecular weight is 297 g/mol. The molecule has 1 saturated heterocycles. The predicted octanol–water partition coefficient (Wildman–Crippen LogP) is 1.85. The second-order valence-electron chi connectivity index (χ2n) is 4.95. The maximum atomic E-state index is 12.0. The number of nitrogens with one attached hydrogen (secondary N) is 1. The SMILES string of the molecule is CCOc1ccccc1NC(=O)C[C@H]1CCS(=O)(=O)C1. The van der Waals surface area contributed by atoms with Crippen LogP contribution < -0.4 is 10.1 Å². The Labute approximate surface area is 119 Å². The molecular formula is C14H19NO4S. The highest BCUT2D eigenvalue weighted by molar-refractivity contribution is 7.91. The number of anilines is 1. The molecule has 1 aliphatic heterocycles. The number of carbonyl (C=O) groups is 1. The monoisotopic (exact) mass is 297 g/mol. The first-order valence-electron chi connectivity index (χ1n) is 6.72. The van der Waals surface area contributed by atoms with Crippen LogP contribution >= 0.6 is 0 Å². The molecule has 0 spiro atoms. The molecular weight excluding hydrogens is 278 g/mol. The van der Waals surface area contributed by atoms with Crippen molar-refractivity contribution in [3.63, 3.8) is 0 Å². The topological polar surface area (TPSA) is 72.5 Å². The lowest BCUT2D eigenvalue weighted by Gasteiger charge is -2.12. The maximum Gasteiger partial charge on any atom is 0.224 e. The zero-order valence-corrected chi connectivity index (χ0v) is 12.3. The smallest absolute Gasteiger partial charge is 0.224 e. The summed E-state index contributed by atoms with van der Waals surface area (Å²) < 4.78 is 28.2. The van der Waals surface area contributed by atoms with E-state index >= 15 is 0 Å². The van der Waals surface area contributed by atoms with E-state index in [-0.39, 0.29) is 29.8 Å². The molecule has 1 aromatic carbocycles. The molecule has 110 valence electrons. The van der Waals surface area contributed by atoms with E-state index in [1.54, 1.807) is 12.1 Å². The van der Waals surface area contributed by atoms with Gasteiger partial charge in [0.1, 0.15) is 5.75 Å². The lowest BCUT2D eigenvalue weighted by molar-refractivity contribution is -0.116. The Bertz CT molecular complexity index is 583. The van der Waals surface area contributed by atoms with Gasteiger partial charge in [-0.25, -0.2) is 8.42 Å². The molecule has 1 aliphatic rings. The number of para-hydroxylation sites is 2. The summed E-state index contributed by atoms with van der Waals surface area (Å²) in [7, 11) is -2.94. The van der Waals surface area contributed by atoms with E-state index in [2.05, 4.69) is 5.32 Å². The fourth-order valence-corrected chi connectivity index (χ4v) is 4.21. The van der Waals surface area contributed by atoms with Crippen LogP contribution in [0.1, 0.15) is 19.8 Å². The lowest BCUT2D eigenvalue weighted by Crippen LogP contribution is -2.18. The summed E-state index contributed by atoms with van der Waals surface area (Å²) in [5, 5.41) is 2.79. The van der Waals surface area contributed by atoms with Gasteiger partial charge in [0.25, 0.3) is 0 Å². The van der Waals surface area contributed by atoms with Crippen LogP contribution in [0.3, 0.4) is 0 Å². The second-order valence-corrected chi connectivity index (χ2v) is 7.18. The van der Waals surface area contributed by atoms with E-state index in [1.807, 2.05) is 19.1 Å². The Hall–Kier alpha value is -1.56. The van der Waals surface area contributed by atoms with Gasteiger partial charge in [-0.1, -0.05) is 12.1 Å². The van der Waals surface area contributed by atoms with E-state index in [4.69, 9.17) is 4.74 Å². The van der Waals surface area contributed by atoms with Gasteiger partial charge < -0.3 is 10.1 Å². The van der Waals surface area contributed by atoms with E-state index in [1.165, 1.54) is 0 Å². The normalized spacial score (nSPS) is 20.6. The summed E-state index contributed by atoms with van der Waals surface area (Å²) in [6, 6.07) is 7.22. The van der Waals surface area contributed by atoms with E-state index in [9.17, 15) is 13.2 Å². The van der Waals surface area contributed by atoms with Crippen LogP contribution in [0.2, 0.25) is 0 Å². The molecule has 1 atom stereocenters. The van der Waals surface area contributed by atoms with Crippen molar-refractivity contribution in [1.82, 2.24) is 0 Å². The summed E-state index contributed by atoms with van der Waals surface area (Å²) in [5.41, 5.74) is 0.625. The molecule has 0 aromatic heterocycles. The van der Waals surface area contributed by atoms with Crippen LogP contribution in [0, 0.1) is 5.92 Å². The van der Waals surface area contributed by atoms with Gasteiger partial charge in [-0.3, -0.25) is 4.79 Å². The molecule has 0 unspecified atom stereocenters. The van der Waals surface area contributed by atoms with Gasteiger partial charge in [-0.05, 0) is 31.4 Å². The standard InChI is InChI=1S/C14H19NO4S/c1-2-19-13-6-4-3-5-12(13)15-14(16)9-11-7-8-20(17,18)10-11/h3-6,11H,2,7-10H2,1H3,(H,15,16)/t11-/m1/s1. The molecule has 1 heterocycles. The third-order valence-electron chi connectivity index (χ3n) is 3.26. The molecule has 1 fully saturated rings. The summed E-state index contributed by atoms with van der Waals surface area (Å²) >= 11 is 0. The fourth-order valence-electron chi connectivity index (χ4n) is 2.35. The van der Waals surface area contributed by atoms with Crippen molar-refractivity contribution in [2.24, 2.45) is 5.92 Å². The van der Waals surface area contributed by atoms with Crippen molar-refractivity contribution in [1.29, 1.82) is 0 Å². The Morgan fingerprint density at radius 1 is 1.40 bits per heavy atom. The number of benzene rings is 1. The molecule has 1 aromatic rings. The van der Waals surface area contributed by atoms with Crippen molar-refractivity contribution in [2.45, 2.75) is 19.8 Å². The van der Waals surface area contributed by atoms with Crippen LogP contribution in [-0.2, 0) is 14.6 Å².